The van der Waals surface area contributed by atoms with Gasteiger partial charge in [0.1, 0.15) is 17.6 Å². The topological polar surface area (TPSA) is 106 Å². The summed E-state index contributed by atoms with van der Waals surface area (Å²) in [6.07, 6.45) is -1.64. The first-order valence-corrected chi connectivity index (χ1v) is 11.1. The van der Waals surface area contributed by atoms with Crippen LogP contribution in [0.2, 0.25) is 0 Å². The zero-order valence-electron chi connectivity index (χ0n) is 19.6. The monoisotopic (exact) mass is 520 g/mol. The van der Waals surface area contributed by atoms with Crippen molar-refractivity contribution in [1.29, 1.82) is 0 Å². The minimum absolute atomic E-state index is 0.0265. The van der Waals surface area contributed by atoms with Crippen molar-refractivity contribution >= 4 is 16.5 Å². The van der Waals surface area contributed by atoms with Gasteiger partial charge in [0, 0.05) is 31.1 Å². The molecule has 13 heteroatoms. The van der Waals surface area contributed by atoms with Crippen molar-refractivity contribution in [1.82, 2.24) is 24.7 Å². The first-order valence-electron chi connectivity index (χ1n) is 11.1. The summed E-state index contributed by atoms with van der Waals surface area (Å²) in [7, 11) is 0. The average molecular weight is 520 g/mol. The van der Waals surface area contributed by atoms with Crippen molar-refractivity contribution in [3.8, 4) is 11.4 Å². The zero-order valence-corrected chi connectivity index (χ0v) is 19.6. The van der Waals surface area contributed by atoms with Gasteiger partial charge in [0.05, 0.1) is 29.4 Å². The Bertz CT molecular complexity index is 1550. The molecule has 2 N–H and O–H groups in total. The van der Waals surface area contributed by atoms with Gasteiger partial charge in [-0.25, -0.2) is 23.8 Å². The van der Waals surface area contributed by atoms with E-state index in [1.807, 2.05) is 0 Å². The molecule has 0 aliphatic heterocycles. The Kier molecular flexibility index (Phi) is 7.05. The molecule has 194 valence electrons. The number of aromatic nitrogens is 5. The maximum Gasteiger partial charge on any atom is 0.423 e. The number of hydrogen-bond acceptors (Lipinski definition) is 6. The summed E-state index contributed by atoms with van der Waals surface area (Å²) in [6, 6.07) is 3.17. The van der Waals surface area contributed by atoms with E-state index in [0.717, 1.165) is 22.4 Å². The Hall–Kier alpha value is -4.16. The number of nitrogens with zero attached hydrogens (tertiary/aromatic N) is 4. The van der Waals surface area contributed by atoms with Crippen LogP contribution in [-0.2, 0) is 12.7 Å². The SMILES string of the molecule is Cc1cnc(-c2cc3ccn(C[C@H](F)C[C@@H](C)Nc4cn[nH]c(=O)c4C(F)(F)F)c(=O)c3cc2F)nc1. The van der Waals surface area contributed by atoms with Crippen molar-refractivity contribution in [2.24, 2.45) is 0 Å². The first-order chi connectivity index (χ1) is 17.4. The third-order valence-corrected chi connectivity index (χ3v) is 5.63. The van der Waals surface area contributed by atoms with Crippen LogP contribution in [0.1, 0.15) is 24.5 Å². The molecule has 4 aromatic rings. The van der Waals surface area contributed by atoms with Crippen molar-refractivity contribution in [3.05, 3.63) is 80.6 Å². The summed E-state index contributed by atoms with van der Waals surface area (Å²) in [5.74, 6) is -0.559. The van der Waals surface area contributed by atoms with E-state index in [4.69, 9.17) is 0 Å². The Morgan fingerprint density at radius 2 is 1.84 bits per heavy atom. The summed E-state index contributed by atoms with van der Waals surface area (Å²) in [6.45, 7) is 2.81. The number of halogens is 5. The molecule has 0 radical (unpaired) electrons. The highest BCUT2D eigenvalue weighted by Gasteiger charge is 2.37. The number of benzene rings is 1. The van der Waals surface area contributed by atoms with E-state index < -0.39 is 53.1 Å². The highest BCUT2D eigenvalue weighted by atomic mass is 19.4. The van der Waals surface area contributed by atoms with Crippen LogP contribution in [0, 0.1) is 12.7 Å². The second-order valence-corrected chi connectivity index (χ2v) is 8.64. The van der Waals surface area contributed by atoms with Crippen LogP contribution in [0.4, 0.5) is 27.6 Å². The maximum atomic E-state index is 14.8. The highest BCUT2D eigenvalue weighted by Crippen LogP contribution is 2.32. The molecule has 0 aliphatic carbocycles. The number of aryl methyl sites for hydroxylation is 1. The van der Waals surface area contributed by atoms with Gasteiger partial charge in [-0.05, 0) is 43.0 Å². The van der Waals surface area contributed by atoms with E-state index >= 15 is 0 Å². The lowest BCUT2D eigenvalue weighted by Gasteiger charge is -2.20. The van der Waals surface area contributed by atoms with Gasteiger partial charge in [0.15, 0.2) is 5.82 Å². The Morgan fingerprint density at radius 1 is 1.14 bits per heavy atom. The molecule has 3 heterocycles. The predicted octanol–water partition coefficient (Wildman–Crippen LogP) is 4.24. The molecule has 4 rings (SSSR count). The van der Waals surface area contributed by atoms with Gasteiger partial charge in [-0.15, -0.1) is 0 Å². The molecule has 3 aromatic heterocycles. The molecule has 0 unspecified atom stereocenters. The lowest BCUT2D eigenvalue weighted by atomic mass is 10.1. The minimum atomic E-state index is -4.94. The summed E-state index contributed by atoms with van der Waals surface area (Å²) >= 11 is 0. The predicted molar refractivity (Wildman–Crippen MR) is 126 cm³/mol. The van der Waals surface area contributed by atoms with Crippen molar-refractivity contribution in [2.75, 3.05) is 5.32 Å². The van der Waals surface area contributed by atoms with Gasteiger partial charge < -0.3 is 9.88 Å². The molecular formula is C24H21F5N6O2. The Labute approximate surface area is 206 Å². The normalized spacial score (nSPS) is 13.5. The summed E-state index contributed by atoms with van der Waals surface area (Å²) in [5, 5.41) is 7.98. The number of hydrogen-bond donors (Lipinski definition) is 2. The Balaban J connectivity index is 1.51. The standard InChI is InChI=1S/C24H21F5N6O2/c1-12-8-30-21(31-9-12)17-6-14-3-4-35(23(37)16(14)7-18(17)26)11-15(25)5-13(2)33-19-10-32-34-22(36)20(19)24(27,28)29/h3-4,6-10,13,15H,5,11H2,1-2H3,(H2,33,34,36)/t13-,15-/m1/s1. The maximum absolute atomic E-state index is 14.8. The molecule has 0 bridgehead atoms. The third kappa shape index (κ3) is 5.65. The smallest absolute Gasteiger partial charge is 0.381 e. The molecule has 37 heavy (non-hydrogen) atoms. The lowest BCUT2D eigenvalue weighted by molar-refractivity contribution is -0.138. The van der Waals surface area contributed by atoms with Crippen LogP contribution in [-0.4, -0.2) is 36.9 Å². The van der Waals surface area contributed by atoms with Crippen LogP contribution < -0.4 is 16.4 Å². The molecule has 0 saturated carbocycles. The fourth-order valence-electron chi connectivity index (χ4n) is 3.94. The van der Waals surface area contributed by atoms with Crippen LogP contribution in [0.25, 0.3) is 22.2 Å². The summed E-state index contributed by atoms with van der Waals surface area (Å²) in [5.41, 5.74) is -3.19. The van der Waals surface area contributed by atoms with E-state index in [0.29, 0.717) is 5.39 Å². The number of H-pyrrole nitrogens is 1. The summed E-state index contributed by atoms with van der Waals surface area (Å²) < 4.78 is 70.3. The van der Waals surface area contributed by atoms with Gasteiger partial charge >= 0.3 is 6.18 Å². The van der Waals surface area contributed by atoms with E-state index in [9.17, 15) is 31.5 Å². The number of anilines is 1. The van der Waals surface area contributed by atoms with Crippen LogP contribution in [0.5, 0.6) is 0 Å². The molecule has 0 saturated heterocycles. The molecule has 8 nitrogen and oxygen atoms in total. The number of fused-ring (bicyclic) bond motifs is 1. The quantitative estimate of drug-likeness (QED) is 0.353. The second kappa shape index (κ2) is 10.1. The molecule has 0 aliphatic rings. The van der Waals surface area contributed by atoms with Gasteiger partial charge in [0.25, 0.3) is 11.1 Å². The number of nitrogens with one attached hydrogen (secondary N) is 2. The van der Waals surface area contributed by atoms with E-state index in [1.54, 1.807) is 12.0 Å². The summed E-state index contributed by atoms with van der Waals surface area (Å²) in [4.78, 5) is 32.7. The highest BCUT2D eigenvalue weighted by molar-refractivity contribution is 5.85. The fourth-order valence-corrected chi connectivity index (χ4v) is 3.94. The lowest BCUT2D eigenvalue weighted by Crippen LogP contribution is -2.30. The number of aromatic amines is 1. The second-order valence-electron chi connectivity index (χ2n) is 8.64. The van der Waals surface area contributed by atoms with Gasteiger partial charge in [0.2, 0.25) is 0 Å². The van der Waals surface area contributed by atoms with Crippen LogP contribution in [0.3, 0.4) is 0 Å². The average Bonchev–Trinajstić information content (AvgIpc) is 2.80. The van der Waals surface area contributed by atoms with Crippen molar-refractivity contribution in [3.63, 3.8) is 0 Å². The molecule has 0 amide bonds. The van der Waals surface area contributed by atoms with Gasteiger partial charge in [-0.3, -0.25) is 9.59 Å². The minimum Gasteiger partial charge on any atom is -0.381 e. The number of alkyl halides is 4. The van der Waals surface area contributed by atoms with Crippen molar-refractivity contribution in [2.45, 2.75) is 45.2 Å². The largest absolute Gasteiger partial charge is 0.423 e. The van der Waals surface area contributed by atoms with E-state index in [-0.39, 0.29) is 23.2 Å². The first kappa shape index (κ1) is 25.9. The van der Waals surface area contributed by atoms with Gasteiger partial charge in [-0.2, -0.15) is 18.3 Å². The molecule has 2 atom stereocenters. The molecule has 0 fully saturated rings. The molecule has 1 aromatic carbocycles. The van der Waals surface area contributed by atoms with E-state index in [2.05, 4.69) is 20.4 Å². The van der Waals surface area contributed by atoms with Gasteiger partial charge in [-0.1, -0.05) is 0 Å². The third-order valence-electron chi connectivity index (χ3n) is 5.63. The van der Waals surface area contributed by atoms with Crippen molar-refractivity contribution < 1.29 is 22.0 Å². The Morgan fingerprint density at radius 3 is 2.51 bits per heavy atom. The number of pyridine rings is 1. The zero-order chi connectivity index (χ0) is 26.9. The molecule has 0 spiro atoms. The molecular weight excluding hydrogens is 499 g/mol. The fraction of sp³-hybridized carbons (Fsp3) is 0.292. The van der Waals surface area contributed by atoms with E-state index in [1.165, 1.54) is 37.6 Å². The van der Waals surface area contributed by atoms with Crippen LogP contribution in [0.15, 0.2) is 52.6 Å². The van der Waals surface area contributed by atoms with Crippen LogP contribution >= 0.6 is 0 Å². The number of rotatable bonds is 7.